The first kappa shape index (κ1) is 19.1. The molecular formula is C21H17N3O3S2. The van der Waals surface area contributed by atoms with Crippen LogP contribution in [0.15, 0.2) is 63.1 Å². The predicted molar refractivity (Wildman–Crippen MR) is 121 cm³/mol. The normalized spacial score (nSPS) is 10.7. The number of anilines is 2. The Morgan fingerprint density at radius 2 is 1.97 bits per heavy atom. The van der Waals surface area contributed by atoms with Gasteiger partial charge in [0, 0.05) is 16.5 Å². The minimum absolute atomic E-state index is 0.382. The zero-order valence-electron chi connectivity index (χ0n) is 15.7. The van der Waals surface area contributed by atoms with Crippen molar-refractivity contribution in [3.05, 3.63) is 69.9 Å². The monoisotopic (exact) mass is 423 g/mol. The third-order valence-electron chi connectivity index (χ3n) is 4.25. The minimum Gasteiger partial charge on any atom is -0.493 e. The molecule has 2 aromatic heterocycles. The van der Waals surface area contributed by atoms with Gasteiger partial charge in [-0.2, -0.15) is 0 Å². The van der Waals surface area contributed by atoms with E-state index in [2.05, 4.69) is 15.6 Å². The molecule has 0 saturated heterocycles. The third-order valence-corrected chi connectivity index (χ3v) is 5.22. The Bertz CT molecular complexity index is 1250. The van der Waals surface area contributed by atoms with Crippen LogP contribution in [-0.4, -0.2) is 17.2 Å². The van der Waals surface area contributed by atoms with Gasteiger partial charge < -0.3 is 19.8 Å². The second-order valence-corrected chi connectivity index (χ2v) is 7.58. The smallest absolute Gasteiger partial charge is 0.345 e. The number of rotatable bonds is 4. The van der Waals surface area contributed by atoms with Crippen molar-refractivity contribution >= 4 is 50.5 Å². The van der Waals surface area contributed by atoms with Crippen LogP contribution in [0.4, 0.5) is 10.8 Å². The summed E-state index contributed by atoms with van der Waals surface area (Å²) in [6.45, 7) is 2.02. The van der Waals surface area contributed by atoms with Crippen molar-refractivity contribution in [3.63, 3.8) is 0 Å². The molecule has 29 heavy (non-hydrogen) atoms. The van der Waals surface area contributed by atoms with E-state index in [0.717, 1.165) is 11.1 Å². The van der Waals surface area contributed by atoms with Crippen LogP contribution in [0, 0.1) is 6.92 Å². The largest absolute Gasteiger partial charge is 0.493 e. The van der Waals surface area contributed by atoms with Gasteiger partial charge in [0.25, 0.3) is 0 Å². The van der Waals surface area contributed by atoms with Gasteiger partial charge in [0.05, 0.1) is 18.4 Å². The van der Waals surface area contributed by atoms with E-state index in [1.54, 1.807) is 17.5 Å². The molecule has 2 heterocycles. The van der Waals surface area contributed by atoms with Gasteiger partial charge in [0.15, 0.2) is 21.6 Å². The lowest BCUT2D eigenvalue weighted by Crippen LogP contribution is -2.18. The summed E-state index contributed by atoms with van der Waals surface area (Å²) in [5.74, 6) is 0.513. The van der Waals surface area contributed by atoms with Gasteiger partial charge in [-0.3, -0.25) is 0 Å². The molecule has 0 unspecified atom stereocenters. The summed E-state index contributed by atoms with van der Waals surface area (Å²) in [4.78, 5) is 17.0. The van der Waals surface area contributed by atoms with Crippen LogP contribution in [0.3, 0.4) is 0 Å². The van der Waals surface area contributed by atoms with Crippen LogP contribution in [0.5, 0.6) is 5.75 Å². The first-order valence-corrected chi connectivity index (χ1v) is 10.0. The fourth-order valence-corrected chi connectivity index (χ4v) is 3.80. The summed E-state index contributed by atoms with van der Waals surface area (Å²) in [5, 5.41) is 9.70. The predicted octanol–water partition coefficient (Wildman–Crippen LogP) is 5.04. The van der Waals surface area contributed by atoms with Crippen LogP contribution >= 0.6 is 23.6 Å². The van der Waals surface area contributed by atoms with Gasteiger partial charge in [-0.15, -0.1) is 11.3 Å². The van der Waals surface area contributed by atoms with Crippen LogP contribution < -0.4 is 21.0 Å². The van der Waals surface area contributed by atoms with E-state index < -0.39 is 5.63 Å². The number of hydrogen-bond donors (Lipinski definition) is 2. The molecule has 0 atom stereocenters. The highest BCUT2D eigenvalue weighted by molar-refractivity contribution is 7.80. The molecule has 0 spiro atoms. The van der Waals surface area contributed by atoms with Crippen LogP contribution in [0.2, 0.25) is 0 Å². The Hall–Kier alpha value is -3.23. The van der Waals surface area contributed by atoms with Crippen LogP contribution in [0.1, 0.15) is 5.56 Å². The van der Waals surface area contributed by atoms with Crippen molar-refractivity contribution in [1.82, 2.24) is 4.98 Å². The molecule has 4 aromatic rings. The van der Waals surface area contributed by atoms with E-state index in [1.807, 2.05) is 43.3 Å². The standard InChI is InChI=1S/C21H17N3O3S2/c1-12-6-8-14(9-7-12)22-20(28)24-21-23-16(11-29-21)15-10-13-4-3-5-17(26-2)18(13)27-19(15)25/h3-11H,1-2H3,(H2,22,23,24,28). The van der Waals surface area contributed by atoms with E-state index in [9.17, 15) is 4.79 Å². The first-order valence-electron chi connectivity index (χ1n) is 8.75. The van der Waals surface area contributed by atoms with E-state index in [1.165, 1.54) is 24.0 Å². The summed E-state index contributed by atoms with van der Waals surface area (Å²) in [7, 11) is 1.54. The van der Waals surface area contributed by atoms with Crippen molar-refractivity contribution < 1.29 is 9.15 Å². The molecule has 6 nitrogen and oxygen atoms in total. The maximum atomic E-state index is 12.5. The molecule has 0 saturated carbocycles. The maximum Gasteiger partial charge on any atom is 0.345 e. The van der Waals surface area contributed by atoms with Crippen molar-refractivity contribution in [2.24, 2.45) is 0 Å². The molecule has 0 radical (unpaired) electrons. The number of nitrogens with one attached hydrogen (secondary N) is 2. The molecule has 0 aliphatic rings. The number of ether oxygens (including phenoxy) is 1. The summed E-state index contributed by atoms with van der Waals surface area (Å²) < 4.78 is 10.7. The number of para-hydroxylation sites is 1. The number of methoxy groups -OCH3 is 1. The highest BCUT2D eigenvalue weighted by Crippen LogP contribution is 2.29. The quantitative estimate of drug-likeness (QED) is 0.352. The summed E-state index contributed by atoms with van der Waals surface area (Å²) in [6.07, 6.45) is 0. The number of thiocarbonyl (C=S) groups is 1. The Morgan fingerprint density at radius 1 is 1.17 bits per heavy atom. The number of aryl methyl sites for hydroxylation is 1. The fourth-order valence-electron chi connectivity index (χ4n) is 2.81. The minimum atomic E-state index is -0.473. The van der Waals surface area contributed by atoms with Gasteiger partial charge in [-0.25, -0.2) is 9.78 Å². The Morgan fingerprint density at radius 3 is 2.72 bits per heavy atom. The van der Waals surface area contributed by atoms with E-state index >= 15 is 0 Å². The number of nitrogens with zero attached hydrogens (tertiary/aromatic N) is 1. The molecule has 0 aliphatic carbocycles. The second-order valence-electron chi connectivity index (χ2n) is 6.31. The number of hydrogen-bond acceptors (Lipinski definition) is 6. The van der Waals surface area contributed by atoms with Crippen molar-refractivity contribution in [1.29, 1.82) is 0 Å². The van der Waals surface area contributed by atoms with Crippen molar-refractivity contribution in [2.45, 2.75) is 6.92 Å². The first-order chi connectivity index (χ1) is 14.0. The molecule has 0 fully saturated rings. The molecule has 0 aliphatic heterocycles. The molecule has 146 valence electrons. The Kier molecular flexibility index (Phi) is 5.28. The lowest BCUT2D eigenvalue weighted by atomic mass is 10.1. The number of benzene rings is 2. The zero-order chi connectivity index (χ0) is 20.4. The summed E-state index contributed by atoms with van der Waals surface area (Å²) >= 11 is 6.70. The number of thiazole rings is 1. The van der Waals surface area contributed by atoms with E-state index in [-0.39, 0.29) is 0 Å². The van der Waals surface area contributed by atoms with Gasteiger partial charge >= 0.3 is 5.63 Å². The van der Waals surface area contributed by atoms with Crippen molar-refractivity contribution in [3.8, 4) is 17.0 Å². The zero-order valence-corrected chi connectivity index (χ0v) is 17.3. The van der Waals surface area contributed by atoms with Gasteiger partial charge in [-0.05, 0) is 43.4 Å². The third kappa shape index (κ3) is 4.13. The van der Waals surface area contributed by atoms with Gasteiger partial charge in [0.2, 0.25) is 0 Å². The van der Waals surface area contributed by atoms with Crippen molar-refractivity contribution in [2.75, 3.05) is 17.7 Å². The topological polar surface area (TPSA) is 76.4 Å². The molecular weight excluding hydrogens is 406 g/mol. The molecule has 2 N–H and O–H groups in total. The number of fused-ring (bicyclic) bond motifs is 1. The Balaban J connectivity index is 1.56. The lowest BCUT2D eigenvalue weighted by Gasteiger charge is -2.08. The average Bonchev–Trinajstić information content (AvgIpc) is 3.16. The van der Waals surface area contributed by atoms with Crippen LogP contribution in [0.25, 0.3) is 22.2 Å². The highest BCUT2D eigenvalue weighted by atomic mass is 32.1. The fraction of sp³-hybridized carbons (Fsp3) is 0.0952. The second kappa shape index (κ2) is 8.02. The van der Waals surface area contributed by atoms with Crippen LogP contribution in [-0.2, 0) is 0 Å². The van der Waals surface area contributed by atoms with Gasteiger partial charge in [-0.1, -0.05) is 29.8 Å². The molecule has 0 bridgehead atoms. The SMILES string of the molecule is COc1cccc2cc(-c3csc(NC(=S)Nc4ccc(C)cc4)n3)c(=O)oc12. The lowest BCUT2D eigenvalue weighted by molar-refractivity contribution is 0.407. The van der Waals surface area contributed by atoms with Gasteiger partial charge in [0.1, 0.15) is 0 Å². The molecule has 0 amide bonds. The number of aromatic nitrogens is 1. The summed E-state index contributed by atoms with van der Waals surface area (Å²) in [6, 6.07) is 15.1. The van der Waals surface area contributed by atoms with E-state index in [4.69, 9.17) is 21.4 Å². The van der Waals surface area contributed by atoms with E-state index in [0.29, 0.717) is 32.8 Å². The maximum absolute atomic E-state index is 12.5. The average molecular weight is 424 g/mol. The summed E-state index contributed by atoms with van der Waals surface area (Å²) in [5.41, 5.74) is 2.90. The molecule has 4 rings (SSSR count). The highest BCUT2D eigenvalue weighted by Gasteiger charge is 2.14. The molecule has 8 heteroatoms. The Labute approximate surface area is 176 Å². The molecule has 2 aromatic carbocycles.